The molecule has 0 unspecified atom stereocenters. The molecule has 130 valence electrons. The molecule has 1 atom stereocenters. The van der Waals surface area contributed by atoms with E-state index in [-0.39, 0.29) is 18.2 Å². The second-order valence-corrected chi connectivity index (χ2v) is 6.31. The molecule has 9 heteroatoms. The average molecular weight is 335 g/mol. The smallest absolute Gasteiger partial charge is 0.322 e. The molecule has 2 aliphatic heterocycles. The minimum atomic E-state index is -0.597. The predicted molar refractivity (Wildman–Crippen MR) is 81.7 cm³/mol. The fraction of sp³-hybridized carbons (Fsp3) is 0.667. The molecule has 0 aliphatic carbocycles. The molecule has 1 aromatic heterocycles. The summed E-state index contributed by atoms with van der Waals surface area (Å²) in [6, 6.07) is -1.09. The summed E-state index contributed by atoms with van der Waals surface area (Å²) in [6.45, 7) is 3.16. The van der Waals surface area contributed by atoms with Gasteiger partial charge in [0.15, 0.2) is 5.82 Å². The molecule has 3 rings (SSSR count). The maximum Gasteiger partial charge on any atom is 0.322 e. The van der Waals surface area contributed by atoms with Gasteiger partial charge in [0, 0.05) is 32.9 Å². The predicted octanol–water partition coefficient (Wildman–Crippen LogP) is 0.147. The lowest BCUT2D eigenvalue weighted by Crippen LogP contribution is -2.40. The van der Waals surface area contributed by atoms with Crippen LogP contribution >= 0.6 is 0 Å². The fourth-order valence-corrected chi connectivity index (χ4v) is 3.16. The first kappa shape index (κ1) is 16.4. The Bertz CT molecular complexity index is 636. The minimum absolute atomic E-state index is 0.0257. The van der Waals surface area contributed by atoms with E-state index in [1.54, 1.807) is 6.92 Å². The molecule has 2 saturated heterocycles. The van der Waals surface area contributed by atoms with Crippen molar-refractivity contribution >= 4 is 17.8 Å². The summed E-state index contributed by atoms with van der Waals surface area (Å²) in [7, 11) is 0. The summed E-state index contributed by atoms with van der Waals surface area (Å²) in [6.07, 6.45) is 3.17. The van der Waals surface area contributed by atoms with Crippen LogP contribution in [0.5, 0.6) is 0 Å². The summed E-state index contributed by atoms with van der Waals surface area (Å²) in [5, 5.41) is 8.58. The first-order valence-electron chi connectivity index (χ1n) is 8.19. The van der Waals surface area contributed by atoms with Crippen LogP contribution < -0.4 is 10.6 Å². The van der Waals surface area contributed by atoms with E-state index >= 15 is 0 Å². The van der Waals surface area contributed by atoms with Gasteiger partial charge >= 0.3 is 6.03 Å². The monoisotopic (exact) mass is 335 g/mol. The molecule has 24 heavy (non-hydrogen) atoms. The number of carbonyl (C=O) groups excluding carboxylic acids is 3. The van der Waals surface area contributed by atoms with Crippen molar-refractivity contribution in [2.75, 3.05) is 13.1 Å². The van der Waals surface area contributed by atoms with E-state index in [1.807, 2.05) is 4.90 Å². The topological polar surface area (TPSA) is 117 Å². The highest BCUT2D eigenvalue weighted by Crippen LogP contribution is 2.21. The summed E-state index contributed by atoms with van der Waals surface area (Å²) < 4.78 is 4.97. The minimum Gasteiger partial charge on any atom is -0.343 e. The molecule has 0 aromatic carbocycles. The van der Waals surface area contributed by atoms with Gasteiger partial charge < -0.3 is 14.7 Å². The molecule has 2 aliphatic rings. The molecular formula is C15H21N5O4. The van der Waals surface area contributed by atoms with Crippen molar-refractivity contribution in [1.29, 1.82) is 0 Å². The van der Waals surface area contributed by atoms with Gasteiger partial charge in [-0.05, 0) is 25.2 Å². The molecule has 1 aromatic rings. The number of hydrogen-bond acceptors (Lipinski definition) is 6. The molecule has 9 nitrogen and oxygen atoms in total. The first-order valence-corrected chi connectivity index (χ1v) is 8.19. The summed E-state index contributed by atoms with van der Waals surface area (Å²) in [5.41, 5.74) is 0. The third kappa shape index (κ3) is 3.90. The number of likely N-dealkylation sites (tertiary alicyclic amines) is 1. The summed E-state index contributed by atoms with van der Waals surface area (Å²) in [4.78, 5) is 40.8. The largest absolute Gasteiger partial charge is 0.343 e. The zero-order valence-electron chi connectivity index (χ0n) is 13.6. The Morgan fingerprint density at radius 3 is 2.67 bits per heavy atom. The van der Waals surface area contributed by atoms with Crippen LogP contribution in [0.15, 0.2) is 4.52 Å². The van der Waals surface area contributed by atoms with Gasteiger partial charge in [-0.2, -0.15) is 4.98 Å². The molecular weight excluding hydrogens is 314 g/mol. The van der Waals surface area contributed by atoms with Crippen LogP contribution in [0.4, 0.5) is 4.79 Å². The van der Waals surface area contributed by atoms with Gasteiger partial charge in [-0.1, -0.05) is 5.16 Å². The molecule has 0 bridgehead atoms. The highest BCUT2D eigenvalue weighted by Gasteiger charge is 2.31. The lowest BCUT2D eigenvalue weighted by Gasteiger charge is -2.31. The number of amides is 4. The third-order valence-electron chi connectivity index (χ3n) is 4.51. The van der Waals surface area contributed by atoms with Crippen molar-refractivity contribution < 1.29 is 18.9 Å². The zero-order valence-corrected chi connectivity index (χ0v) is 13.6. The quantitative estimate of drug-likeness (QED) is 0.740. The SMILES string of the molecule is Cc1nc(CC2CCN(C(=O)CC[C@@H]3NC(=O)NC3=O)CC2)no1. The lowest BCUT2D eigenvalue weighted by atomic mass is 9.93. The normalized spacial score (nSPS) is 21.7. The Morgan fingerprint density at radius 1 is 1.33 bits per heavy atom. The first-order chi connectivity index (χ1) is 11.5. The van der Waals surface area contributed by atoms with Crippen LogP contribution in [0.3, 0.4) is 0 Å². The molecule has 0 saturated carbocycles. The van der Waals surface area contributed by atoms with Crippen molar-refractivity contribution in [3.05, 3.63) is 11.7 Å². The number of hydrogen-bond donors (Lipinski definition) is 2. The van der Waals surface area contributed by atoms with E-state index in [4.69, 9.17) is 4.52 Å². The Balaban J connectivity index is 1.40. The van der Waals surface area contributed by atoms with Crippen molar-refractivity contribution in [3.63, 3.8) is 0 Å². The number of aryl methyl sites for hydroxylation is 1. The van der Waals surface area contributed by atoms with Crippen LogP contribution in [-0.4, -0.2) is 52.0 Å². The average Bonchev–Trinajstić information content (AvgIpc) is 3.10. The Labute approximate surface area is 139 Å². The maximum absolute atomic E-state index is 12.3. The number of piperidine rings is 1. The van der Waals surface area contributed by atoms with Crippen LogP contribution in [0.25, 0.3) is 0 Å². The van der Waals surface area contributed by atoms with Gasteiger partial charge in [0.1, 0.15) is 6.04 Å². The highest BCUT2D eigenvalue weighted by atomic mass is 16.5. The van der Waals surface area contributed by atoms with E-state index in [0.29, 0.717) is 31.3 Å². The highest BCUT2D eigenvalue weighted by molar-refractivity contribution is 6.04. The third-order valence-corrected chi connectivity index (χ3v) is 4.51. The van der Waals surface area contributed by atoms with E-state index in [1.165, 1.54) is 0 Å². The number of rotatable bonds is 5. The van der Waals surface area contributed by atoms with E-state index in [2.05, 4.69) is 20.8 Å². The number of carbonyl (C=O) groups is 3. The molecule has 4 amide bonds. The lowest BCUT2D eigenvalue weighted by molar-refractivity contribution is -0.132. The number of aromatic nitrogens is 2. The van der Waals surface area contributed by atoms with E-state index < -0.39 is 12.1 Å². The fourth-order valence-electron chi connectivity index (χ4n) is 3.16. The number of urea groups is 1. The zero-order chi connectivity index (χ0) is 17.1. The van der Waals surface area contributed by atoms with Crippen LogP contribution in [0.1, 0.15) is 37.4 Å². The van der Waals surface area contributed by atoms with Gasteiger partial charge in [-0.25, -0.2) is 4.79 Å². The van der Waals surface area contributed by atoms with Crippen LogP contribution in [0.2, 0.25) is 0 Å². The van der Waals surface area contributed by atoms with Crippen molar-refractivity contribution in [2.24, 2.45) is 5.92 Å². The van der Waals surface area contributed by atoms with Crippen molar-refractivity contribution in [1.82, 2.24) is 25.7 Å². The standard InChI is InChI=1S/C15H21N5O4/c1-9-16-12(19-24-9)8-10-4-6-20(7-5-10)13(21)3-2-11-14(22)18-15(23)17-11/h10-11H,2-8H2,1H3,(H2,17,18,22,23)/t11-/m0/s1. The van der Waals surface area contributed by atoms with Gasteiger partial charge in [0.2, 0.25) is 11.8 Å². The molecule has 0 radical (unpaired) electrons. The van der Waals surface area contributed by atoms with Gasteiger partial charge in [-0.15, -0.1) is 0 Å². The van der Waals surface area contributed by atoms with Crippen LogP contribution in [0, 0.1) is 12.8 Å². The van der Waals surface area contributed by atoms with Gasteiger partial charge in [0.05, 0.1) is 0 Å². The van der Waals surface area contributed by atoms with Crippen LogP contribution in [-0.2, 0) is 16.0 Å². The number of nitrogens with one attached hydrogen (secondary N) is 2. The molecule has 3 heterocycles. The maximum atomic E-state index is 12.3. The second kappa shape index (κ2) is 6.98. The Morgan fingerprint density at radius 2 is 2.08 bits per heavy atom. The van der Waals surface area contributed by atoms with Crippen molar-refractivity contribution in [2.45, 2.75) is 45.1 Å². The molecule has 2 fully saturated rings. The van der Waals surface area contributed by atoms with Gasteiger partial charge in [-0.3, -0.25) is 14.9 Å². The second-order valence-electron chi connectivity index (χ2n) is 6.31. The van der Waals surface area contributed by atoms with E-state index in [9.17, 15) is 14.4 Å². The van der Waals surface area contributed by atoms with E-state index in [0.717, 1.165) is 25.1 Å². The summed E-state index contributed by atoms with van der Waals surface area (Å²) >= 11 is 0. The molecule has 0 spiro atoms. The number of nitrogens with zero attached hydrogens (tertiary/aromatic N) is 3. The van der Waals surface area contributed by atoms with Gasteiger partial charge in [0.25, 0.3) is 5.91 Å². The van der Waals surface area contributed by atoms with Crippen molar-refractivity contribution in [3.8, 4) is 0 Å². The molecule has 2 N–H and O–H groups in total. The Kier molecular flexibility index (Phi) is 4.77. The number of imide groups is 1. The summed E-state index contributed by atoms with van der Waals surface area (Å²) in [5.74, 6) is 1.41. The Hall–Kier alpha value is -2.45.